The van der Waals surface area contributed by atoms with Crippen molar-refractivity contribution in [2.45, 2.75) is 38.8 Å². The van der Waals surface area contributed by atoms with E-state index < -0.39 is 0 Å². The minimum Gasteiger partial charge on any atom is -0.423 e. The maximum atomic E-state index is 12.8. The molecule has 0 saturated carbocycles. The summed E-state index contributed by atoms with van der Waals surface area (Å²) in [4.78, 5) is 26.4. The van der Waals surface area contributed by atoms with Crippen LogP contribution in [0.4, 0.5) is 5.00 Å². The van der Waals surface area contributed by atoms with Gasteiger partial charge in [-0.2, -0.15) is 0 Å². The lowest BCUT2D eigenvalue weighted by molar-refractivity contribution is 0.0734. The Morgan fingerprint density at radius 1 is 1.00 bits per heavy atom. The molecule has 30 heavy (non-hydrogen) atoms. The topological polar surface area (TPSA) is 67.4 Å². The van der Waals surface area contributed by atoms with Crippen molar-refractivity contribution in [1.82, 2.24) is 5.32 Å². The molecule has 3 aromatic rings. The van der Waals surface area contributed by atoms with E-state index in [0.29, 0.717) is 11.3 Å². The van der Waals surface area contributed by atoms with E-state index in [1.54, 1.807) is 35.6 Å². The number of fused-ring (bicyclic) bond motifs is 3. The molecule has 1 aliphatic carbocycles. The van der Waals surface area contributed by atoms with E-state index in [0.717, 1.165) is 41.0 Å². The molecule has 0 saturated heterocycles. The number of esters is 1. The molecule has 2 aliphatic rings. The van der Waals surface area contributed by atoms with Crippen LogP contribution in [0.5, 0.6) is 5.75 Å². The van der Waals surface area contributed by atoms with Gasteiger partial charge in [-0.1, -0.05) is 29.8 Å². The Balaban J connectivity index is 1.31. The maximum Gasteiger partial charge on any atom is 0.343 e. The summed E-state index contributed by atoms with van der Waals surface area (Å²) in [6.45, 7) is 1.97. The number of thiophene rings is 1. The molecular weight excluding hydrogens is 396 g/mol. The van der Waals surface area contributed by atoms with Crippen LogP contribution in [0.2, 0.25) is 0 Å². The van der Waals surface area contributed by atoms with Gasteiger partial charge in [-0.3, -0.25) is 4.79 Å². The van der Waals surface area contributed by atoms with Crippen molar-refractivity contribution < 1.29 is 14.3 Å². The molecule has 6 heteroatoms. The van der Waals surface area contributed by atoms with Gasteiger partial charge >= 0.3 is 5.97 Å². The van der Waals surface area contributed by atoms with E-state index in [2.05, 4.69) is 10.6 Å². The molecule has 2 N–H and O–H groups in total. The molecule has 1 atom stereocenters. The maximum absolute atomic E-state index is 12.8. The minimum atomic E-state index is -0.388. The van der Waals surface area contributed by atoms with Gasteiger partial charge in [0.1, 0.15) is 16.9 Å². The first-order valence-corrected chi connectivity index (χ1v) is 11.0. The van der Waals surface area contributed by atoms with Gasteiger partial charge in [0.05, 0.1) is 11.1 Å². The van der Waals surface area contributed by atoms with E-state index in [4.69, 9.17) is 4.74 Å². The fourth-order valence-corrected chi connectivity index (χ4v) is 5.34. The van der Waals surface area contributed by atoms with Crippen molar-refractivity contribution in [3.05, 3.63) is 81.2 Å². The summed E-state index contributed by atoms with van der Waals surface area (Å²) in [6.07, 6.45) is 4.10. The van der Waals surface area contributed by atoms with Crippen LogP contribution in [0.15, 0.2) is 48.5 Å². The first kappa shape index (κ1) is 18.9. The van der Waals surface area contributed by atoms with Gasteiger partial charge in [-0.15, -0.1) is 11.3 Å². The first-order chi connectivity index (χ1) is 14.6. The van der Waals surface area contributed by atoms with Crippen molar-refractivity contribution in [2.75, 3.05) is 5.32 Å². The Bertz CT molecular complexity index is 1120. The molecule has 1 amide bonds. The largest absolute Gasteiger partial charge is 0.423 e. The lowest BCUT2D eigenvalue weighted by Crippen LogP contribution is -2.38. The van der Waals surface area contributed by atoms with Crippen LogP contribution in [0, 0.1) is 6.92 Å². The van der Waals surface area contributed by atoms with Crippen molar-refractivity contribution in [1.29, 1.82) is 0 Å². The number of hydrogen-bond acceptors (Lipinski definition) is 5. The Morgan fingerprint density at radius 2 is 1.73 bits per heavy atom. The van der Waals surface area contributed by atoms with E-state index in [9.17, 15) is 9.59 Å². The molecule has 5 nitrogen and oxygen atoms in total. The van der Waals surface area contributed by atoms with E-state index in [1.165, 1.54) is 16.9 Å². The molecule has 152 valence electrons. The molecular formula is C24H22N2O3S. The number of carbonyl (C=O) groups is 2. The van der Waals surface area contributed by atoms with E-state index in [-0.39, 0.29) is 18.0 Å². The predicted molar refractivity (Wildman–Crippen MR) is 117 cm³/mol. The highest BCUT2D eigenvalue weighted by molar-refractivity contribution is 7.16. The van der Waals surface area contributed by atoms with Crippen LogP contribution in [-0.2, 0) is 12.8 Å². The lowest BCUT2D eigenvalue weighted by atomic mass is 9.94. The van der Waals surface area contributed by atoms with Gasteiger partial charge in [0.15, 0.2) is 0 Å². The summed E-state index contributed by atoms with van der Waals surface area (Å²) < 4.78 is 5.47. The number of ether oxygens (including phenoxy) is 1. The number of nitrogens with one attached hydrogen (secondary N) is 2. The van der Waals surface area contributed by atoms with E-state index >= 15 is 0 Å². The highest BCUT2D eigenvalue weighted by Gasteiger charge is 2.31. The Morgan fingerprint density at radius 3 is 2.50 bits per heavy atom. The number of amides is 1. The third-order valence-corrected chi connectivity index (χ3v) is 6.88. The van der Waals surface area contributed by atoms with Gasteiger partial charge in [0.25, 0.3) is 5.91 Å². The highest BCUT2D eigenvalue weighted by Crippen LogP contribution is 2.41. The number of aryl methyl sites for hydroxylation is 2. The average Bonchev–Trinajstić information content (AvgIpc) is 3.13. The smallest absolute Gasteiger partial charge is 0.343 e. The third-order valence-electron chi connectivity index (χ3n) is 5.66. The van der Waals surface area contributed by atoms with Gasteiger partial charge < -0.3 is 15.4 Å². The van der Waals surface area contributed by atoms with Crippen LogP contribution < -0.4 is 15.4 Å². The normalized spacial score (nSPS) is 17.4. The fourth-order valence-electron chi connectivity index (χ4n) is 4.03. The summed E-state index contributed by atoms with van der Waals surface area (Å²) in [6, 6.07) is 14.5. The number of benzene rings is 2. The Labute approximate surface area is 179 Å². The van der Waals surface area contributed by atoms with E-state index in [1.807, 2.05) is 31.2 Å². The average molecular weight is 419 g/mol. The molecule has 5 rings (SSSR count). The van der Waals surface area contributed by atoms with Crippen molar-refractivity contribution in [3.8, 4) is 5.75 Å². The number of rotatable bonds is 3. The zero-order valence-electron chi connectivity index (χ0n) is 16.7. The second-order valence-electron chi connectivity index (χ2n) is 7.79. The second kappa shape index (κ2) is 7.61. The minimum absolute atomic E-state index is 0.0111. The summed E-state index contributed by atoms with van der Waals surface area (Å²) in [7, 11) is 0. The quantitative estimate of drug-likeness (QED) is 0.464. The summed E-state index contributed by atoms with van der Waals surface area (Å²) in [5.74, 6) is 0.0717. The number of carbonyl (C=O) groups excluding carboxylic acids is 2. The summed E-state index contributed by atoms with van der Waals surface area (Å²) in [5.41, 5.74) is 4.57. The molecule has 0 radical (unpaired) electrons. The number of hydrogen-bond donors (Lipinski definition) is 2. The molecule has 1 aromatic heterocycles. The van der Waals surface area contributed by atoms with Crippen molar-refractivity contribution >= 4 is 28.2 Å². The molecule has 1 aliphatic heterocycles. The Kier molecular flexibility index (Phi) is 4.79. The van der Waals surface area contributed by atoms with Crippen LogP contribution >= 0.6 is 11.3 Å². The predicted octanol–water partition coefficient (Wildman–Crippen LogP) is 5.01. The SMILES string of the molecule is Cc1ccc(C(=O)Oc2ccc(C3NC(=O)c4c(sc5c4CCCC5)N3)cc2)cc1. The molecule has 2 heterocycles. The van der Waals surface area contributed by atoms with Crippen molar-refractivity contribution in [2.24, 2.45) is 0 Å². The van der Waals surface area contributed by atoms with Gasteiger partial charge in [-0.05, 0) is 68.0 Å². The zero-order valence-corrected chi connectivity index (χ0v) is 17.5. The fraction of sp³-hybridized carbons (Fsp3) is 0.250. The summed E-state index contributed by atoms with van der Waals surface area (Å²) in [5, 5.41) is 7.50. The zero-order chi connectivity index (χ0) is 20.7. The van der Waals surface area contributed by atoms with Crippen molar-refractivity contribution in [3.63, 3.8) is 0 Å². The lowest BCUT2D eigenvalue weighted by Gasteiger charge is -2.27. The monoisotopic (exact) mass is 418 g/mol. The molecule has 0 spiro atoms. The molecule has 0 bridgehead atoms. The second-order valence-corrected chi connectivity index (χ2v) is 8.90. The molecule has 1 unspecified atom stereocenters. The van der Waals surface area contributed by atoms with Crippen LogP contribution in [-0.4, -0.2) is 11.9 Å². The van der Waals surface area contributed by atoms with Crippen LogP contribution in [0.3, 0.4) is 0 Å². The Hall–Kier alpha value is -3.12. The standard InChI is InChI=1S/C24H22N2O3S/c1-14-6-8-16(9-7-14)24(28)29-17-12-10-15(11-13-17)21-25-22(27)20-18-4-2-3-5-19(18)30-23(20)26-21/h6-13,21,26H,2-5H2,1H3,(H,25,27). The first-order valence-electron chi connectivity index (χ1n) is 10.2. The van der Waals surface area contributed by atoms with Crippen LogP contribution in [0.25, 0.3) is 0 Å². The van der Waals surface area contributed by atoms with Gasteiger partial charge in [0, 0.05) is 4.88 Å². The van der Waals surface area contributed by atoms with Gasteiger partial charge in [-0.25, -0.2) is 4.79 Å². The number of anilines is 1. The summed E-state index contributed by atoms with van der Waals surface area (Å²) >= 11 is 1.71. The third kappa shape index (κ3) is 3.48. The van der Waals surface area contributed by atoms with Gasteiger partial charge in [0.2, 0.25) is 0 Å². The molecule has 0 fully saturated rings. The highest BCUT2D eigenvalue weighted by atomic mass is 32.1. The molecule has 2 aromatic carbocycles. The van der Waals surface area contributed by atoms with Crippen LogP contribution in [0.1, 0.15) is 61.3 Å².